The Kier molecular flexibility index (Phi) is 5.60. The lowest BCUT2D eigenvalue weighted by molar-refractivity contribution is -0.108. The summed E-state index contributed by atoms with van der Waals surface area (Å²) in [5.74, 6) is 0. The SMILES string of the molecule is CCC/C=C/NC=O. The van der Waals surface area contributed by atoms with Crippen molar-refractivity contribution in [2.75, 3.05) is 0 Å². The summed E-state index contributed by atoms with van der Waals surface area (Å²) >= 11 is 0. The van der Waals surface area contributed by atoms with Crippen molar-refractivity contribution in [3.63, 3.8) is 0 Å². The highest BCUT2D eigenvalue weighted by Crippen LogP contribution is 1.84. The van der Waals surface area contributed by atoms with Gasteiger partial charge in [-0.05, 0) is 12.6 Å². The number of carbonyl (C=O) groups excluding carboxylic acids is 1. The molecule has 0 unspecified atom stereocenters. The summed E-state index contributed by atoms with van der Waals surface area (Å²) in [6.45, 7) is 2.09. The zero-order valence-electron chi connectivity index (χ0n) is 5.05. The zero-order valence-corrected chi connectivity index (χ0v) is 5.05. The van der Waals surface area contributed by atoms with Crippen molar-refractivity contribution >= 4 is 6.41 Å². The largest absolute Gasteiger partial charge is 0.336 e. The van der Waals surface area contributed by atoms with E-state index in [9.17, 15) is 4.79 Å². The fourth-order valence-corrected chi connectivity index (χ4v) is 0.357. The van der Waals surface area contributed by atoms with Crippen molar-refractivity contribution in [2.24, 2.45) is 0 Å². The van der Waals surface area contributed by atoms with E-state index in [4.69, 9.17) is 0 Å². The van der Waals surface area contributed by atoms with Crippen LogP contribution in [0.25, 0.3) is 0 Å². The molecule has 0 saturated carbocycles. The fraction of sp³-hybridized carbons (Fsp3) is 0.500. The molecule has 0 aromatic rings. The van der Waals surface area contributed by atoms with Crippen LogP contribution in [0.4, 0.5) is 0 Å². The lowest BCUT2D eigenvalue weighted by atomic mass is 10.3. The van der Waals surface area contributed by atoms with E-state index < -0.39 is 0 Å². The average molecular weight is 113 g/mol. The highest BCUT2D eigenvalue weighted by atomic mass is 16.1. The van der Waals surface area contributed by atoms with Gasteiger partial charge in [-0.15, -0.1) is 0 Å². The van der Waals surface area contributed by atoms with Crippen molar-refractivity contribution < 1.29 is 4.79 Å². The molecule has 0 bridgehead atoms. The Labute approximate surface area is 49.6 Å². The van der Waals surface area contributed by atoms with Gasteiger partial charge in [0.1, 0.15) is 0 Å². The number of hydrogen-bond acceptors (Lipinski definition) is 1. The summed E-state index contributed by atoms with van der Waals surface area (Å²) in [6, 6.07) is 0. The Morgan fingerprint density at radius 3 is 2.88 bits per heavy atom. The quantitative estimate of drug-likeness (QED) is 0.542. The molecule has 0 rings (SSSR count). The van der Waals surface area contributed by atoms with Gasteiger partial charge in [0.2, 0.25) is 6.41 Å². The van der Waals surface area contributed by atoms with E-state index in [1.165, 1.54) is 0 Å². The summed E-state index contributed by atoms with van der Waals surface area (Å²) in [4.78, 5) is 9.61. The van der Waals surface area contributed by atoms with Crippen LogP contribution in [-0.2, 0) is 4.79 Å². The van der Waals surface area contributed by atoms with E-state index in [2.05, 4.69) is 12.2 Å². The maximum atomic E-state index is 9.61. The molecular formula is C6H11NO. The van der Waals surface area contributed by atoms with Gasteiger partial charge in [-0.25, -0.2) is 0 Å². The normalized spacial score (nSPS) is 9.62. The van der Waals surface area contributed by atoms with E-state index in [1.807, 2.05) is 6.08 Å². The average Bonchev–Trinajstić information content (AvgIpc) is 1.81. The van der Waals surface area contributed by atoms with E-state index in [-0.39, 0.29) is 0 Å². The smallest absolute Gasteiger partial charge is 0.211 e. The maximum absolute atomic E-state index is 9.61. The molecule has 1 amide bonds. The molecule has 0 heterocycles. The molecule has 46 valence electrons. The minimum absolute atomic E-state index is 0.659. The summed E-state index contributed by atoms with van der Waals surface area (Å²) in [5.41, 5.74) is 0. The second-order valence-corrected chi connectivity index (χ2v) is 1.48. The van der Waals surface area contributed by atoms with Crippen molar-refractivity contribution in [1.82, 2.24) is 5.32 Å². The van der Waals surface area contributed by atoms with Crippen LogP contribution in [0.2, 0.25) is 0 Å². The monoisotopic (exact) mass is 113 g/mol. The fourth-order valence-electron chi connectivity index (χ4n) is 0.357. The summed E-state index contributed by atoms with van der Waals surface area (Å²) in [7, 11) is 0. The Hall–Kier alpha value is -0.790. The number of hydrogen-bond donors (Lipinski definition) is 1. The van der Waals surface area contributed by atoms with Crippen molar-refractivity contribution in [3.8, 4) is 0 Å². The van der Waals surface area contributed by atoms with Crippen LogP contribution in [0.5, 0.6) is 0 Å². The standard InChI is InChI=1S/C6H11NO/c1-2-3-4-5-7-6-8/h4-6H,2-3H2,1H3,(H,7,8)/b5-4+. The topological polar surface area (TPSA) is 29.1 Å². The van der Waals surface area contributed by atoms with Crippen LogP contribution >= 0.6 is 0 Å². The third-order valence-corrected chi connectivity index (χ3v) is 0.737. The molecule has 0 aliphatic rings. The molecule has 8 heavy (non-hydrogen) atoms. The van der Waals surface area contributed by atoms with Crippen LogP contribution in [0, 0.1) is 0 Å². The number of allylic oxidation sites excluding steroid dienone is 1. The van der Waals surface area contributed by atoms with Crippen molar-refractivity contribution in [1.29, 1.82) is 0 Å². The van der Waals surface area contributed by atoms with Gasteiger partial charge in [0.15, 0.2) is 0 Å². The lowest BCUT2D eigenvalue weighted by Gasteiger charge is -1.82. The first-order chi connectivity index (χ1) is 3.91. The molecule has 0 aliphatic carbocycles. The Morgan fingerprint density at radius 2 is 2.38 bits per heavy atom. The molecular weight excluding hydrogens is 102 g/mol. The minimum atomic E-state index is 0.659. The third-order valence-electron chi connectivity index (χ3n) is 0.737. The Bertz CT molecular complexity index is 78.6. The van der Waals surface area contributed by atoms with E-state index >= 15 is 0 Å². The van der Waals surface area contributed by atoms with E-state index in [0.29, 0.717) is 6.41 Å². The van der Waals surface area contributed by atoms with Crippen LogP contribution in [0.1, 0.15) is 19.8 Å². The molecule has 0 radical (unpaired) electrons. The van der Waals surface area contributed by atoms with Gasteiger partial charge in [0, 0.05) is 0 Å². The van der Waals surface area contributed by atoms with Gasteiger partial charge in [-0.1, -0.05) is 19.4 Å². The van der Waals surface area contributed by atoms with Crippen molar-refractivity contribution in [2.45, 2.75) is 19.8 Å². The van der Waals surface area contributed by atoms with Crippen LogP contribution in [0.3, 0.4) is 0 Å². The van der Waals surface area contributed by atoms with Gasteiger partial charge >= 0.3 is 0 Å². The summed E-state index contributed by atoms with van der Waals surface area (Å²) < 4.78 is 0. The Balaban J connectivity index is 2.94. The van der Waals surface area contributed by atoms with Gasteiger partial charge in [0.05, 0.1) is 0 Å². The minimum Gasteiger partial charge on any atom is -0.336 e. The van der Waals surface area contributed by atoms with Crippen molar-refractivity contribution in [3.05, 3.63) is 12.3 Å². The molecule has 2 heteroatoms. The van der Waals surface area contributed by atoms with Gasteiger partial charge in [0.25, 0.3) is 0 Å². The third kappa shape index (κ3) is 5.21. The van der Waals surface area contributed by atoms with Gasteiger partial charge < -0.3 is 5.32 Å². The molecule has 1 N–H and O–H groups in total. The van der Waals surface area contributed by atoms with Crippen LogP contribution in [0.15, 0.2) is 12.3 Å². The molecule has 0 saturated heterocycles. The number of nitrogens with one attached hydrogen (secondary N) is 1. The van der Waals surface area contributed by atoms with E-state index in [0.717, 1.165) is 12.8 Å². The highest BCUT2D eigenvalue weighted by Gasteiger charge is 1.69. The number of amides is 1. The molecule has 2 nitrogen and oxygen atoms in total. The molecule has 0 aliphatic heterocycles. The zero-order chi connectivity index (χ0) is 6.24. The summed E-state index contributed by atoms with van der Waals surface area (Å²) in [5, 5.41) is 2.42. The van der Waals surface area contributed by atoms with Gasteiger partial charge in [-0.3, -0.25) is 4.79 Å². The first-order valence-corrected chi connectivity index (χ1v) is 2.76. The molecule has 0 fully saturated rings. The number of unbranched alkanes of at least 4 members (excludes halogenated alkanes) is 1. The second kappa shape index (κ2) is 6.21. The first kappa shape index (κ1) is 7.21. The second-order valence-electron chi connectivity index (χ2n) is 1.48. The highest BCUT2D eigenvalue weighted by molar-refractivity contribution is 5.47. The Morgan fingerprint density at radius 1 is 1.62 bits per heavy atom. The predicted molar refractivity (Wildman–Crippen MR) is 33.2 cm³/mol. The molecule has 0 spiro atoms. The van der Waals surface area contributed by atoms with Gasteiger partial charge in [-0.2, -0.15) is 0 Å². The van der Waals surface area contributed by atoms with E-state index in [1.54, 1.807) is 6.20 Å². The number of carbonyl (C=O) groups is 1. The molecule has 0 atom stereocenters. The first-order valence-electron chi connectivity index (χ1n) is 2.76. The number of rotatable bonds is 4. The molecule has 0 aromatic heterocycles. The maximum Gasteiger partial charge on any atom is 0.211 e. The summed E-state index contributed by atoms with van der Waals surface area (Å²) in [6.07, 6.45) is 6.38. The lowest BCUT2D eigenvalue weighted by Crippen LogP contribution is -1.97. The molecule has 0 aromatic carbocycles. The van der Waals surface area contributed by atoms with Crippen LogP contribution < -0.4 is 5.32 Å². The van der Waals surface area contributed by atoms with Crippen LogP contribution in [-0.4, -0.2) is 6.41 Å². The predicted octanol–water partition coefficient (Wildman–Crippen LogP) is 1.05.